The Balaban J connectivity index is 0.00000197. The van der Waals surface area contributed by atoms with E-state index >= 15 is 0 Å². The van der Waals surface area contributed by atoms with Gasteiger partial charge in [0.2, 0.25) is 0 Å². The molecule has 7 aromatic rings. The Morgan fingerprint density at radius 3 is 1.65 bits per heavy atom. The van der Waals surface area contributed by atoms with Crippen molar-refractivity contribution in [3.05, 3.63) is 188 Å². The van der Waals surface area contributed by atoms with E-state index in [1.807, 2.05) is 26.8 Å². The predicted octanol–water partition coefficient (Wildman–Crippen LogP) is 14.3. The lowest BCUT2D eigenvalue weighted by Gasteiger charge is -2.19. The van der Waals surface area contributed by atoms with Gasteiger partial charge in [0.1, 0.15) is 0 Å². The van der Waals surface area contributed by atoms with E-state index in [1.54, 1.807) is 0 Å². The van der Waals surface area contributed by atoms with Crippen molar-refractivity contribution >= 4 is 37.9 Å². The molecule has 7 aromatic carbocycles. The van der Waals surface area contributed by atoms with E-state index in [4.69, 9.17) is 0 Å². The summed E-state index contributed by atoms with van der Waals surface area (Å²) in [7, 11) is 0. The Morgan fingerprint density at radius 1 is 0.542 bits per heavy atom. The lowest BCUT2D eigenvalue weighted by molar-refractivity contribution is 1.27. The highest BCUT2D eigenvalue weighted by molar-refractivity contribution is 6.24. The van der Waals surface area contributed by atoms with Crippen molar-refractivity contribution in [2.24, 2.45) is 0 Å². The van der Waals surface area contributed by atoms with Crippen molar-refractivity contribution in [3.63, 3.8) is 0 Å². The first kappa shape index (κ1) is 32.2. The molecule has 0 N–H and O–H groups in total. The van der Waals surface area contributed by atoms with Crippen molar-refractivity contribution in [3.8, 4) is 33.4 Å². The van der Waals surface area contributed by atoms with Gasteiger partial charge in [0.05, 0.1) is 0 Å². The van der Waals surface area contributed by atoms with Gasteiger partial charge in [-0.2, -0.15) is 0 Å². The molecule has 0 fully saturated rings. The molecule has 0 saturated carbocycles. The number of hydrogen-bond donors (Lipinski definition) is 0. The molecule has 0 heterocycles. The van der Waals surface area contributed by atoms with E-state index in [2.05, 4.69) is 171 Å². The second-order valence-electron chi connectivity index (χ2n) is 11.7. The highest BCUT2D eigenvalue weighted by Gasteiger charge is 2.18. The van der Waals surface area contributed by atoms with Crippen LogP contribution in [-0.2, 0) is 0 Å². The van der Waals surface area contributed by atoms with Gasteiger partial charge in [-0.15, -0.1) is 0 Å². The molecule has 0 spiro atoms. The summed E-state index contributed by atoms with van der Waals surface area (Å²) < 4.78 is 0. The van der Waals surface area contributed by atoms with Crippen molar-refractivity contribution in [2.45, 2.75) is 27.2 Å². The Hall–Kier alpha value is -5.72. The Bertz CT molecular complexity index is 2250. The summed E-state index contributed by atoms with van der Waals surface area (Å²) in [6.07, 6.45) is 9.14. The Kier molecular flexibility index (Phi) is 9.93. The molecule has 0 unspecified atom stereocenters. The minimum atomic E-state index is 0.844. The van der Waals surface area contributed by atoms with Crippen molar-refractivity contribution < 1.29 is 0 Å². The summed E-state index contributed by atoms with van der Waals surface area (Å²) in [5.74, 6) is 0. The SMILES string of the molecule is C=C/C(=C\C)C/C=C\C(=C)c1cccc(-c2c3ccccc3c(-c3cccc4c(-c5ccccc5)cccc34)c3ccccc23)c1.CC. The second-order valence-corrected chi connectivity index (χ2v) is 11.7. The number of fused-ring (bicyclic) bond motifs is 3. The molecule has 0 aliphatic rings. The minimum absolute atomic E-state index is 0.844. The van der Waals surface area contributed by atoms with Gasteiger partial charge in [-0.1, -0.05) is 185 Å². The smallest absolute Gasteiger partial charge is 0.00201 e. The zero-order chi connectivity index (χ0) is 33.5. The average molecular weight is 619 g/mol. The number of allylic oxidation sites excluding steroid dienone is 6. The molecule has 48 heavy (non-hydrogen) atoms. The maximum absolute atomic E-state index is 4.41. The normalized spacial score (nSPS) is 11.5. The summed E-state index contributed by atoms with van der Waals surface area (Å²) in [6.45, 7) is 14.4. The van der Waals surface area contributed by atoms with Gasteiger partial charge in [0.25, 0.3) is 0 Å². The largest absolute Gasteiger partial charge is 0.0988 e. The fourth-order valence-corrected chi connectivity index (χ4v) is 6.75. The average Bonchev–Trinajstić information content (AvgIpc) is 3.16. The van der Waals surface area contributed by atoms with Crippen LogP contribution in [0.4, 0.5) is 0 Å². The summed E-state index contributed by atoms with van der Waals surface area (Å²) in [4.78, 5) is 0. The number of rotatable bonds is 8. The lowest BCUT2D eigenvalue weighted by atomic mass is 9.84. The molecule has 0 bridgehead atoms. The summed E-state index contributed by atoms with van der Waals surface area (Å²) in [6, 6.07) is 50.7. The molecule has 0 aromatic heterocycles. The van der Waals surface area contributed by atoms with E-state index < -0.39 is 0 Å². The molecule has 0 amide bonds. The van der Waals surface area contributed by atoms with Gasteiger partial charge in [0, 0.05) is 0 Å². The molecule has 0 aliphatic carbocycles. The molecule has 0 saturated heterocycles. The lowest BCUT2D eigenvalue weighted by Crippen LogP contribution is -1.92. The van der Waals surface area contributed by atoms with E-state index in [-0.39, 0.29) is 0 Å². The van der Waals surface area contributed by atoms with Crippen LogP contribution in [-0.4, -0.2) is 0 Å². The van der Waals surface area contributed by atoms with E-state index in [0.717, 1.165) is 17.6 Å². The van der Waals surface area contributed by atoms with Gasteiger partial charge >= 0.3 is 0 Å². The van der Waals surface area contributed by atoms with Crippen LogP contribution in [0.15, 0.2) is 183 Å². The van der Waals surface area contributed by atoms with Crippen LogP contribution in [0.2, 0.25) is 0 Å². The Morgan fingerprint density at radius 2 is 1.04 bits per heavy atom. The molecule has 0 aliphatic heterocycles. The van der Waals surface area contributed by atoms with E-state index in [9.17, 15) is 0 Å². The van der Waals surface area contributed by atoms with Crippen LogP contribution >= 0.6 is 0 Å². The van der Waals surface area contributed by atoms with E-state index in [1.165, 1.54) is 71.3 Å². The monoisotopic (exact) mass is 618 g/mol. The third kappa shape index (κ3) is 6.18. The maximum atomic E-state index is 4.41. The third-order valence-corrected chi connectivity index (χ3v) is 9.04. The molecule has 0 nitrogen and oxygen atoms in total. The summed E-state index contributed by atoms with van der Waals surface area (Å²) in [5, 5.41) is 7.51. The van der Waals surface area contributed by atoms with Gasteiger partial charge in [-0.3, -0.25) is 0 Å². The first-order valence-corrected chi connectivity index (χ1v) is 16.9. The van der Waals surface area contributed by atoms with Gasteiger partial charge in [-0.05, 0) is 102 Å². The molecular weight excluding hydrogens is 577 g/mol. The van der Waals surface area contributed by atoms with Gasteiger partial charge in [0.15, 0.2) is 0 Å². The fourth-order valence-electron chi connectivity index (χ4n) is 6.75. The van der Waals surface area contributed by atoms with Crippen molar-refractivity contribution in [1.29, 1.82) is 0 Å². The molecule has 0 atom stereocenters. The number of hydrogen-bond acceptors (Lipinski definition) is 0. The highest BCUT2D eigenvalue weighted by atomic mass is 14.2. The summed E-state index contributed by atoms with van der Waals surface area (Å²) >= 11 is 0. The van der Waals surface area contributed by atoms with E-state index in [0.29, 0.717) is 0 Å². The third-order valence-electron chi connectivity index (χ3n) is 9.04. The van der Waals surface area contributed by atoms with Crippen molar-refractivity contribution in [2.75, 3.05) is 0 Å². The van der Waals surface area contributed by atoms with Crippen molar-refractivity contribution in [1.82, 2.24) is 0 Å². The van der Waals surface area contributed by atoms with Crippen LogP contribution in [0.1, 0.15) is 32.8 Å². The summed E-state index contributed by atoms with van der Waals surface area (Å²) in [5.41, 5.74) is 10.8. The maximum Gasteiger partial charge on any atom is -0.00201 e. The second kappa shape index (κ2) is 14.8. The van der Waals surface area contributed by atoms with Gasteiger partial charge < -0.3 is 0 Å². The van der Waals surface area contributed by atoms with Crippen LogP contribution < -0.4 is 0 Å². The van der Waals surface area contributed by atoms with Crippen LogP contribution in [0.25, 0.3) is 71.3 Å². The Labute approximate surface area is 285 Å². The minimum Gasteiger partial charge on any atom is -0.0988 e. The number of benzene rings is 7. The van der Waals surface area contributed by atoms with Crippen LogP contribution in [0.3, 0.4) is 0 Å². The van der Waals surface area contributed by atoms with Crippen LogP contribution in [0, 0.1) is 0 Å². The molecule has 0 radical (unpaired) electrons. The van der Waals surface area contributed by atoms with Gasteiger partial charge in [-0.25, -0.2) is 0 Å². The molecule has 7 rings (SSSR count). The van der Waals surface area contributed by atoms with Crippen LogP contribution in [0.5, 0.6) is 0 Å². The first-order chi connectivity index (χ1) is 23.7. The highest BCUT2D eigenvalue weighted by Crippen LogP contribution is 2.46. The topological polar surface area (TPSA) is 0 Å². The first-order valence-electron chi connectivity index (χ1n) is 16.9. The molecule has 0 heteroatoms. The fraction of sp³-hybridized carbons (Fsp3) is 0.0833. The molecule has 234 valence electrons. The zero-order valence-electron chi connectivity index (χ0n) is 28.2. The zero-order valence-corrected chi connectivity index (χ0v) is 28.2. The molecular formula is C48H42. The quantitative estimate of drug-likeness (QED) is 0.117. The standard InChI is InChI=1S/C46H36.C2H6/c1-4-33(5-2)18-13-17-32(3)35-21-14-22-36(31-35)45-41-23-9-11-25-43(41)46(44-26-12-10-24-42(44)45)40-30-16-28-38-37(27-15-29-39(38)40)34-19-7-6-8-20-34;1-2/h4-17,19-31H,1,3,18H2,2H3;1-2H3/b17-13-,33-5+;. The predicted molar refractivity (Wildman–Crippen MR) is 213 cm³/mol.